The first-order valence-electron chi connectivity index (χ1n) is 3.46. The van der Waals surface area contributed by atoms with Crippen molar-refractivity contribution in [1.29, 1.82) is 0 Å². The minimum absolute atomic E-state index is 0.0755. The van der Waals surface area contributed by atoms with Gasteiger partial charge >= 0.3 is 0 Å². The Morgan fingerprint density at radius 1 is 1.36 bits per heavy atom. The molecule has 0 saturated heterocycles. The highest BCUT2D eigenvalue weighted by molar-refractivity contribution is 9.09. The van der Waals surface area contributed by atoms with Crippen LogP contribution in [0.3, 0.4) is 0 Å². The Bertz CT molecular complexity index is 122. The molecule has 2 nitrogen and oxygen atoms in total. The van der Waals surface area contributed by atoms with Gasteiger partial charge in [-0.25, -0.2) is 0 Å². The fraction of sp³-hybridized carbons (Fsp3) is 0.714. The maximum absolute atomic E-state index is 8.46. The Labute approximate surface area is 83.6 Å². The summed E-state index contributed by atoms with van der Waals surface area (Å²) in [6.45, 7) is 0. The van der Waals surface area contributed by atoms with Gasteiger partial charge in [-0.1, -0.05) is 38.3 Å². The summed E-state index contributed by atoms with van der Waals surface area (Å²) in [6, 6.07) is 0. The molecule has 0 aromatic heterocycles. The Morgan fingerprint density at radius 3 is 2.45 bits per heavy atom. The monoisotopic (exact) mass is 286 g/mol. The number of unbranched alkanes of at least 4 members (excludes halogenated alkanes) is 1. The molecule has 1 unspecified atom stereocenters. The van der Waals surface area contributed by atoms with Gasteiger partial charge in [0.2, 0.25) is 0 Å². The third-order valence-electron chi connectivity index (χ3n) is 1.19. The number of rotatable bonds is 5. The van der Waals surface area contributed by atoms with Crippen LogP contribution < -0.4 is 0 Å². The summed E-state index contributed by atoms with van der Waals surface area (Å²) in [5.74, 6) is -0.606. The number of aliphatic hydroxyl groups excluding tert-OH is 1. The van der Waals surface area contributed by atoms with Crippen LogP contribution in [0.5, 0.6) is 0 Å². The van der Waals surface area contributed by atoms with E-state index in [1.165, 1.54) is 6.08 Å². The minimum atomic E-state index is -0.606. The number of allylic oxidation sites excluding steroid dienone is 1. The summed E-state index contributed by atoms with van der Waals surface area (Å²) < 4.78 is 0. The second-order valence-electron chi connectivity index (χ2n) is 2.23. The molecule has 0 rings (SSSR count). The van der Waals surface area contributed by atoms with Gasteiger partial charge in [0.25, 0.3) is 5.95 Å². The number of aliphatic hydroxyl groups is 2. The van der Waals surface area contributed by atoms with E-state index in [2.05, 4.69) is 31.9 Å². The third kappa shape index (κ3) is 8.20. The Balaban J connectivity index is 3.37. The lowest BCUT2D eigenvalue weighted by Gasteiger charge is -2.01. The number of hydrogen-bond acceptors (Lipinski definition) is 2. The molecule has 0 aromatic carbocycles. The first kappa shape index (κ1) is 11.3. The van der Waals surface area contributed by atoms with Crippen molar-refractivity contribution >= 4 is 31.9 Å². The zero-order valence-corrected chi connectivity index (χ0v) is 9.31. The summed E-state index contributed by atoms with van der Waals surface area (Å²) in [5.41, 5.74) is 0. The van der Waals surface area contributed by atoms with Crippen LogP contribution in [0, 0.1) is 0 Å². The molecule has 0 aliphatic carbocycles. The summed E-state index contributed by atoms with van der Waals surface area (Å²) in [5, 5.41) is 17.9. The van der Waals surface area contributed by atoms with E-state index in [1.54, 1.807) is 0 Å². The number of alkyl halides is 2. The molecule has 0 amide bonds. The van der Waals surface area contributed by atoms with Gasteiger partial charge in [0, 0.05) is 16.2 Å². The average Bonchev–Trinajstić information content (AvgIpc) is 1.86. The van der Waals surface area contributed by atoms with Crippen LogP contribution in [0.1, 0.15) is 19.3 Å². The van der Waals surface area contributed by atoms with Gasteiger partial charge in [0.05, 0.1) is 0 Å². The van der Waals surface area contributed by atoms with E-state index in [9.17, 15) is 0 Å². The molecule has 0 heterocycles. The molecule has 0 radical (unpaired) electrons. The molecule has 0 fully saturated rings. The summed E-state index contributed by atoms with van der Waals surface area (Å²) in [4.78, 5) is 0.0755. The molecule has 11 heavy (non-hydrogen) atoms. The van der Waals surface area contributed by atoms with Crippen molar-refractivity contribution in [1.82, 2.24) is 0 Å². The highest BCUT2D eigenvalue weighted by Gasteiger charge is 2.00. The molecular weight excluding hydrogens is 276 g/mol. The standard InChI is InChI=1S/C7H12Br2O2/c8-4-2-1-3-6(9)5-7(10)11/h5-6,10-11H,1-4H2. The van der Waals surface area contributed by atoms with E-state index < -0.39 is 5.95 Å². The van der Waals surface area contributed by atoms with Crippen molar-refractivity contribution in [2.24, 2.45) is 0 Å². The Morgan fingerprint density at radius 2 is 2.00 bits per heavy atom. The van der Waals surface area contributed by atoms with Crippen molar-refractivity contribution in [3.05, 3.63) is 12.0 Å². The Kier molecular flexibility index (Phi) is 7.17. The molecule has 0 spiro atoms. The largest absolute Gasteiger partial charge is 0.481 e. The van der Waals surface area contributed by atoms with Gasteiger partial charge in [-0.2, -0.15) is 0 Å². The van der Waals surface area contributed by atoms with Gasteiger partial charge in [0.15, 0.2) is 0 Å². The van der Waals surface area contributed by atoms with Crippen LogP contribution in [0.15, 0.2) is 12.0 Å². The predicted molar refractivity (Wildman–Crippen MR) is 53.7 cm³/mol. The molecule has 0 saturated carbocycles. The van der Waals surface area contributed by atoms with Crippen LogP contribution in [-0.4, -0.2) is 20.4 Å². The quantitative estimate of drug-likeness (QED) is 0.463. The van der Waals surface area contributed by atoms with Crippen molar-refractivity contribution < 1.29 is 10.2 Å². The number of hydrogen-bond donors (Lipinski definition) is 2. The molecular formula is C7H12Br2O2. The third-order valence-corrected chi connectivity index (χ3v) is 2.48. The lowest BCUT2D eigenvalue weighted by atomic mass is 10.2. The predicted octanol–water partition coefficient (Wildman–Crippen LogP) is 3.27. The molecule has 0 aromatic rings. The van der Waals surface area contributed by atoms with E-state index in [-0.39, 0.29) is 4.83 Å². The van der Waals surface area contributed by atoms with Gasteiger partial charge in [-0.15, -0.1) is 0 Å². The molecule has 0 bridgehead atoms. The normalized spacial score (nSPS) is 12.5. The van der Waals surface area contributed by atoms with Gasteiger partial charge in [0.1, 0.15) is 0 Å². The minimum Gasteiger partial charge on any atom is -0.481 e. The van der Waals surface area contributed by atoms with E-state index in [1.807, 2.05) is 0 Å². The molecule has 4 heteroatoms. The molecule has 2 N–H and O–H groups in total. The van der Waals surface area contributed by atoms with E-state index in [0.717, 1.165) is 24.6 Å². The van der Waals surface area contributed by atoms with Crippen molar-refractivity contribution in [2.45, 2.75) is 24.1 Å². The first-order valence-corrected chi connectivity index (χ1v) is 5.50. The summed E-state index contributed by atoms with van der Waals surface area (Å²) in [6.07, 6.45) is 4.50. The van der Waals surface area contributed by atoms with Crippen LogP contribution in [-0.2, 0) is 0 Å². The maximum atomic E-state index is 8.46. The molecule has 0 aliphatic heterocycles. The second kappa shape index (κ2) is 6.98. The Hall–Kier alpha value is 0.300. The molecule has 1 atom stereocenters. The fourth-order valence-corrected chi connectivity index (χ4v) is 1.64. The van der Waals surface area contributed by atoms with Crippen LogP contribution in [0.25, 0.3) is 0 Å². The average molecular weight is 288 g/mol. The lowest BCUT2D eigenvalue weighted by Crippen LogP contribution is -1.95. The van der Waals surface area contributed by atoms with Crippen LogP contribution in [0.4, 0.5) is 0 Å². The molecule has 66 valence electrons. The zero-order valence-electron chi connectivity index (χ0n) is 6.13. The topological polar surface area (TPSA) is 40.5 Å². The summed E-state index contributed by atoms with van der Waals surface area (Å²) >= 11 is 6.62. The number of halogens is 2. The van der Waals surface area contributed by atoms with E-state index in [0.29, 0.717) is 0 Å². The van der Waals surface area contributed by atoms with Crippen LogP contribution in [0.2, 0.25) is 0 Å². The van der Waals surface area contributed by atoms with Crippen molar-refractivity contribution in [3.63, 3.8) is 0 Å². The van der Waals surface area contributed by atoms with E-state index in [4.69, 9.17) is 10.2 Å². The summed E-state index contributed by atoms with van der Waals surface area (Å²) in [7, 11) is 0. The SMILES string of the molecule is OC(O)=CC(Br)CCCCBr. The van der Waals surface area contributed by atoms with Gasteiger partial charge in [-0.05, 0) is 12.8 Å². The highest BCUT2D eigenvalue weighted by atomic mass is 79.9. The highest BCUT2D eigenvalue weighted by Crippen LogP contribution is 2.12. The second-order valence-corrected chi connectivity index (χ2v) is 4.19. The lowest BCUT2D eigenvalue weighted by molar-refractivity contribution is 0.189. The maximum Gasteiger partial charge on any atom is 0.271 e. The smallest absolute Gasteiger partial charge is 0.271 e. The zero-order chi connectivity index (χ0) is 8.69. The molecule has 0 aliphatic rings. The van der Waals surface area contributed by atoms with E-state index >= 15 is 0 Å². The van der Waals surface area contributed by atoms with Crippen LogP contribution >= 0.6 is 31.9 Å². The van der Waals surface area contributed by atoms with Crippen molar-refractivity contribution in [3.8, 4) is 0 Å². The fourth-order valence-electron chi connectivity index (χ4n) is 0.679. The first-order chi connectivity index (χ1) is 5.16. The van der Waals surface area contributed by atoms with Gasteiger partial charge < -0.3 is 10.2 Å². The van der Waals surface area contributed by atoms with Crippen molar-refractivity contribution in [2.75, 3.05) is 5.33 Å². The van der Waals surface area contributed by atoms with Gasteiger partial charge in [-0.3, -0.25) is 0 Å².